The SMILES string of the molecule is CNC(C)Cc1noc(-c2ccc(C)c(NC(=O)c3ccccc3F)c2)n1.Cl. The minimum absolute atomic E-state index is 0. The fourth-order valence-electron chi connectivity index (χ4n) is 2.55. The van der Waals surface area contributed by atoms with Crippen molar-refractivity contribution < 1.29 is 13.7 Å². The van der Waals surface area contributed by atoms with Crippen molar-refractivity contribution in [2.45, 2.75) is 26.3 Å². The highest BCUT2D eigenvalue weighted by molar-refractivity contribution is 6.05. The molecule has 2 aromatic carbocycles. The van der Waals surface area contributed by atoms with Gasteiger partial charge in [0.15, 0.2) is 5.82 Å². The summed E-state index contributed by atoms with van der Waals surface area (Å²) in [6.45, 7) is 3.88. The number of aryl methyl sites for hydroxylation is 1. The summed E-state index contributed by atoms with van der Waals surface area (Å²) in [5.74, 6) is -0.106. The molecule has 8 heteroatoms. The van der Waals surface area contributed by atoms with Gasteiger partial charge in [0, 0.05) is 23.7 Å². The molecule has 1 unspecified atom stereocenters. The van der Waals surface area contributed by atoms with Gasteiger partial charge in [-0.2, -0.15) is 4.98 Å². The van der Waals surface area contributed by atoms with Crippen LogP contribution in [-0.4, -0.2) is 29.1 Å². The van der Waals surface area contributed by atoms with Gasteiger partial charge in [0.25, 0.3) is 11.8 Å². The molecule has 0 aliphatic rings. The number of nitrogens with zero attached hydrogens (tertiary/aromatic N) is 2. The van der Waals surface area contributed by atoms with Crippen LogP contribution in [0.25, 0.3) is 11.5 Å². The molecule has 1 amide bonds. The number of hydrogen-bond donors (Lipinski definition) is 2. The first-order valence-corrected chi connectivity index (χ1v) is 8.64. The monoisotopic (exact) mass is 404 g/mol. The van der Waals surface area contributed by atoms with E-state index in [1.54, 1.807) is 18.2 Å². The first kappa shape index (κ1) is 21.5. The lowest BCUT2D eigenvalue weighted by molar-refractivity contribution is 0.102. The first-order chi connectivity index (χ1) is 13.0. The molecule has 0 saturated heterocycles. The third kappa shape index (κ3) is 4.94. The van der Waals surface area contributed by atoms with E-state index in [4.69, 9.17) is 4.52 Å². The predicted octanol–water partition coefficient (Wildman–Crippen LogP) is 4.01. The van der Waals surface area contributed by atoms with Crippen molar-refractivity contribution in [3.8, 4) is 11.5 Å². The predicted molar refractivity (Wildman–Crippen MR) is 108 cm³/mol. The molecule has 28 heavy (non-hydrogen) atoms. The molecule has 3 aromatic rings. The van der Waals surface area contributed by atoms with E-state index in [9.17, 15) is 9.18 Å². The number of aromatic nitrogens is 2. The molecule has 0 aliphatic carbocycles. The summed E-state index contributed by atoms with van der Waals surface area (Å²) in [7, 11) is 1.87. The van der Waals surface area contributed by atoms with Crippen LogP contribution in [0.15, 0.2) is 47.0 Å². The molecule has 1 aromatic heterocycles. The van der Waals surface area contributed by atoms with E-state index in [1.165, 1.54) is 12.1 Å². The lowest BCUT2D eigenvalue weighted by Gasteiger charge is -2.10. The summed E-state index contributed by atoms with van der Waals surface area (Å²) in [4.78, 5) is 16.8. The number of hydrogen-bond acceptors (Lipinski definition) is 5. The number of anilines is 1. The molecule has 0 fully saturated rings. The van der Waals surface area contributed by atoms with E-state index in [1.807, 2.05) is 33.0 Å². The van der Waals surface area contributed by atoms with Crippen LogP contribution < -0.4 is 10.6 Å². The van der Waals surface area contributed by atoms with Gasteiger partial charge in [-0.15, -0.1) is 12.4 Å². The summed E-state index contributed by atoms with van der Waals surface area (Å²) in [5, 5.41) is 9.86. The van der Waals surface area contributed by atoms with Crippen molar-refractivity contribution in [2.75, 3.05) is 12.4 Å². The Hall–Kier alpha value is -2.77. The van der Waals surface area contributed by atoms with E-state index >= 15 is 0 Å². The Morgan fingerprint density at radius 2 is 2.00 bits per heavy atom. The number of carbonyl (C=O) groups excluding carboxylic acids is 1. The fraction of sp³-hybridized carbons (Fsp3) is 0.250. The molecular weight excluding hydrogens is 383 g/mol. The minimum atomic E-state index is -0.566. The van der Waals surface area contributed by atoms with E-state index in [-0.39, 0.29) is 24.0 Å². The second-order valence-electron chi connectivity index (χ2n) is 6.37. The van der Waals surface area contributed by atoms with Crippen molar-refractivity contribution in [3.05, 3.63) is 65.2 Å². The summed E-state index contributed by atoms with van der Waals surface area (Å²) in [6, 6.07) is 11.5. The Bertz CT molecular complexity index is 961. The van der Waals surface area contributed by atoms with Crippen LogP contribution in [0, 0.1) is 12.7 Å². The Balaban J connectivity index is 0.00000280. The number of rotatable bonds is 6. The topological polar surface area (TPSA) is 80.0 Å². The van der Waals surface area contributed by atoms with Gasteiger partial charge in [0.05, 0.1) is 5.56 Å². The van der Waals surface area contributed by atoms with Crippen LogP contribution in [0.2, 0.25) is 0 Å². The summed E-state index contributed by atoms with van der Waals surface area (Å²) < 4.78 is 19.2. The van der Waals surface area contributed by atoms with Gasteiger partial charge in [-0.25, -0.2) is 4.39 Å². The zero-order valence-corrected chi connectivity index (χ0v) is 16.6. The number of nitrogens with one attached hydrogen (secondary N) is 2. The maximum absolute atomic E-state index is 13.8. The second kappa shape index (κ2) is 9.43. The van der Waals surface area contributed by atoms with Crippen LogP contribution in [0.3, 0.4) is 0 Å². The van der Waals surface area contributed by atoms with Crippen LogP contribution in [0.5, 0.6) is 0 Å². The van der Waals surface area contributed by atoms with Crippen molar-refractivity contribution in [2.24, 2.45) is 0 Å². The van der Waals surface area contributed by atoms with Crippen molar-refractivity contribution in [1.29, 1.82) is 0 Å². The maximum Gasteiger partial charge on any atom is 0.258 e. The molecule has 1 heterocycles. The molecule has 2 N–H and O–H groups in total. The van der Waals surface area contributed by atoms with Crippen molar-refractivity contribution in [1.82, 2.24) is 15.5 Å². The molecule has 0 bridgehead atoms. The molecule has 6 nitrogen and oxygen atoms in total. The van der Waals surface area contributed by atoms with Crippen molar-refractivity contribution in [3.63, 3.8) is 0 Å². The Labute approximate surface area is 169 Å². The van der Waals surface area contributed by atoms with E-state index < -0.39 is 11.7 Å². The third-order valence-corrected chi connectivity index (χ3v) is 4.30. The van der Waals surface area contributed by atoms with E-state index in [0.29, 0.717) is 29.4 Å². The summed E-state index contributed by atoms with van der Waals surface area (Å²) >= 11 is 0. The number of likely N-dealkylation sites (N-methyl/N-ethyl adjacent to an activating group) is 1. The highest BCUT2D eigenvalue weighted by Crippen LogP contribution is 2.25. The number of amides is 1. The molecule has 0 radical (unpaired) electrons. The Kier molecular flexibility index (Phi) is 7.25. The van der Waals surface area contributed by atoms with E-state index in [0.717, 1.165) is 5.56 Å². The van der Waals surface area contributed by atoms with Gasteiger partial charge < -0.3 is 15.2 Å². The van der Waals surface area contributed by atoms with Gasteiger partial charge in [0.2, 0.25) is 0 Å². The van der Waals surface area contributed by atoms with Crippen molar-refractivity contribution >= 4 is 24.0 Å². The van der Waals surface area contributed by atoms with Crippen LogP contribution in [-0.2, 0) is 6.42 Å². The summed E-state index contributed by atoms with van der Waals surface area (Å²) in [5.41, 5.74) is 2.07. The smallest absolute Gasteiger partial charge is 0.258 e. The summed E-state index contributed by atoms with van der Waals surface area (Å²) in [6.07, 6.45) is 0.642. The highest BCUT2D eigenvalue weighted by Gasteiger charge is 2.15. The first-order valence-electron chi connectivity index (χ1n) is 8.64. The average molecular weight is 405 g/mol. The van der Waals surface area contributed by atoms with Gasteiger partial charge >= 0.3 is 0 Å². The van der Waals surface area contributed by atoms with E-state index in [2.05, 4.69) is 20.8 Å². The van der Waals surface area contributed by atoms with Gasteiger partial charge in [-0.3, -0.25) is 4.79 Å². The number of benzene rings is 2. The van der Waals surface area contributed by atoms with Gasteiger partial charge in [-0.05, 0) is 50.7 Å². The van der Waals surface area contributed by atoms with Gasteiger partial charge in [0.1, 0.15) is 5.82 Å². The molecular formula is C20H22ClFN4O2. The lowest BCUT2D eigenvalue weighted by atomic mass is 10.1. The zero-order valence-electron chi connectivity index (χ0n) is 15.8. The largest absolute Gasteiger partial charge is 0.334 e. The average Bonchev–Trinajstić information content (AvgIpc) is 3.12. The van der Waals surface area contributed by atoms with Crippen LogP contribution >= 0.6 is 12.4 Å². The zero-order chi connectivity index (χ0) is 19.4. The molecule has 0 spiro atoms. The minimum Gasteiger partial charge on any atom is -0.334 e. The standard InChI is InChI=1S/C20H21FN4O2.ClH/c1-12-8-9-14(20-24-18(25-27-20)10-13(2)22-3)11-17(12)23-19(26)15-6-4-5-7-16(15)21;/h4-9,11,13,22H,10H2,1-3H3,(H,23,26);1H. The Morgan fingerprint density at radius 1 is 1.25 bits per heavy atom. The van der Waals surface area contributed by atoms with Crippen LogP contribution in [0.1, 0.15) is 28.7 Å². The number of carbonyl (C=O) groups is 1. The van der Waals surface area contributed by atoms with Gasteiger partial charge in [-0.1, -0.05) is 23.4 Å². The second-order valence-corrected chi connectivity index (χ2v) is 6.37. The fourth-order valence-corrected chi connectivity index (χ4v) is 2.55. The highest BCUT2D eigenvalue weighted by atomic mass is 35.5. The number of halogens is 2. The molecule has 148 valence electrons. The molecule has 0 saturated carbocycles. The lowest BCUT2D eigenvalue weighted by Crippen LogP contribution is -2.24. The molecule has 1 atom stereocenters. The molecule has 0 aliphatic heterocycles. The normalized spacial score (nSPS) is 11.6. The van der Waals surface area contributed by atoms with Crippen LogP contribution in [0.4, 0.5) is 10.1 Å². The Morgan fingerprint density at radius 3 is 2.71 bits per heavy atom. The quantitative estimate of drug-likeness (QED) is 0.648. The molecule has 3 rings (SSSR count). The third-order valence-electron chi connectivity index (χ3n) is 4.30. The maximum atomic E-state index is 13.8.